The Labute approximate surface area is 111 Å². The van der Waals surface area contributed by atoms with Crippen molar-refractivity contribution in [3.63, 3.8) is 0 Å². The topological polar surface area (TPSA) is 42.7 Å². The van der Waals surface area contributed by atoms with E-state index in [2.05, 4.69) is 15.5 Å². The molecule has 0 bridgehead atoms. The molecule has 2 aromatic rings. The molecule has 1 N–H and O–H groups in total. The molecule has 5 heteroatoms. The van der Waals surface area contributed by atoms with Crippen molar-refractivity contribution in [2.45, 2.75) is 39.7 Å². The first-order valence-electron chi connectivity index (χ1n) is 6.48. The van der Waals surface area contributed by atoms with Crippen molar-refractivity contribution in [1.29, 1.82) is 0 Å². The van der Waals surface area contributed by atoms with Gasteiger partial charge in [0.1, 0.15) is 11.6 Å². The standard InChI is InChI=1S/C14H17FN4/c1-5-10-17-18-13-14(3,4)16-11-9(15)7-6-8(2)12(11)19(10)13/h6-7,16H,5H2,1-4H3. The van der Waals surface area contributed by atoms with E-state index in [1.165, 1.54) is 6.07 Å². The molecular weight excluding hydrogens is 243 g/mol. The second-order valence-electron chi connectivity index (χ2n) is 5.47. The molecule has 0 amide bonds. The van der Waals surface area contributed by atoms with Crippen molar-refractivity contribution < 1.29 is 4.39 Å². The van der Waals surface area contributed by atoms with Crippen LogP contribution < -0.4 is 5.32 Å². The van der Waals surface area contributed by atoms with E-state index in [9.17, 15) is 4.39 Å². The van der Waals surface area contributed by atoms with Gasteiger partial charge in [-0.25, -0.2) is 4.39 Å². The van der Waals surface area contributed by atoms with Crippen LogP contribution >= 0.6 is 0 Å². The highest BCUT2D eigenvalue weighted by Crippen LogP contribution is 2.39. The van der Waals surface area contributed by atoms with E-state index in [-0.39, 0.29) is 5.82 Å². The zero-order valence-electron chi connectivity index (χ0n) is 11.6. The molecule has 0 radical (unpaired) electrons. The SMILES string of the molecule is CCc1nnc2n1-c1c(C)ccc(F)c1NC2(C)C. The monoisotopic (exact) mass is 260 g/mol. The smallest absolute Gasteiger partial charge is 0.162 e. The Hall–Kier alpha value is -1.91. The molecule has 0 saturated heterocycles. The third-order valence-electron chi connectivity index (χ3n) is 3.60. The van der Waals surface area contributed by atoms with Gasteiger partial charge in [-0.3, -0.25) is 4.57 Å². The zero-order valence-corrected chi connectivity index (χ0v) is 11.6. The Bertz CT molecular complexity index is 658. The first-order valence-corrected chi connectivity index (χ1v) is 6.48. The molecule has 1 aromatic carbocycles. The number of benzene rings is 1. The fraction of sp³-hybridized carbons (Fsp3) is 0.429. The number of nitrogens with one attached hydrogen (secondary N) is 1. The summed E-state index contributed by atoms with van der Waals surface area (Å²) >= 11 is 0. The number of rotatable bonds is 1. The molecule has 0 fully saturated rings. The van der Waals surface area contributed by atoms with E-state index in [0.717, 1.165) is 29.3 Å². The minimum Gasteiger partial charge on any atom is -0.369 e. The summed E-state index contributed by atoms with van der Waals surface area (Å²) in [4.78, 5) is 0. The van der Waals surface area contributed by atoms with Crippen LogP contribution in [-0.2, 0) is 12.0 Å². The summed E-state index contributed by atoms with van der Waals surface area (Å²) in [6.45, 7) is 7.97. The van der Waals surface area contributed by atoms with Crippen LogP contribution in [-0.4, -0.2) is 14.8 Å². The van der Waals surface area contributed by atoms with Gasteiger partial charge >= 0.3 is 0 Å². The van der Waals surface area contributed by atoms with Crippen molar-refractivity contribution in [1.82, 2.24) is 14.8 Å². The van der Waals surface area contributed by atoms with Crippen LogP contribution in [0.1, 0.15) is 38.0 Å². The predicted molar refractivity (Wildman–Crippen MR) is 72.1 cm³/mol. The number of anilines is 1. The molecule has 3 rings (SSSR count). The average molecular weight is 260 g/mol. The van der Waals surface area contributed by atoms with Crippen molar-refractivity contribution in [2.75, 3.05) is 5.32 Å². The van der Waals surface area contributed by atoms with Gasteiger partial charge in [-0.15, -0.1) is 10.2 Å². The molecule has 1 aliphatic rings. The Kier molecular flexibility index (Phi) is 2.42. The van der Waals surface area contributed by atoms with Gasteiger partial charge in [0.05, 0.1) is 16.9 Å². The second-order valence-corrected chi connectivity index (χ2v) is 5.47. The van der Waals surface area contributed by atoms with Gasteiger partial charge in [0, 0.05) is 6.42 Å². The van der Waals surface area contributed by atoms with Crippen LogP contribution in [0.25, 0.3) is 5.69 Å². The second kappa shape index (κ2) is 3.79. The number of fused-ring (bicyclic) bond motifs is 3. The van der Waals surface area contributed by atoms with Gasteiger partial charge in [-0.05, 0) is 32.4 Å². The Morgan fingerprint density at radius 2 is 2.05 bits per heavy atom. The number of hydrogen-bond donors (Lipinski definition) is 1. The third-order valence-corrected chi connectivity index (χ3v) is 3.60. The summed E-state index contributed by atoms with van der Waals surface area (Å²) < 4.78 is 16.1. The maximum absolute atomic E-state index is 14.1. The van der Waals surface area contributed by atoms with Crippen LogP contribution in [0.2, 0.25) is 0 Å². The van der Waals surface area contributed by atoms with Gasteiger partial charge in [-0.2, -0.15) is 0 Å². The van der Waals surface area contributed by atoms with E-state index in [1.807, 2.05) is 32.3 Å². The summed E-state index contributed by atoms with van der Waals surface area (Å²) in [5.41, 5.74) is 1.93. The highest BCUT2D eigenvalue weighted by Gasteiger charge is 2.36. The molecule has 100 valence electrons. The minimum atomic E-state index is -0.442. The lowest BCUT2D eigenvalue weighted by atomic mass is 9.98. The van der Waals surface area contributed by atoms with Crippen LogP contribution in [0, 0.1) is 12.7 Å². The number of halogens is 1. The van der Waals surface area contributed by atoms with Crippen molar-refractivity contribution in [3.05, 3.63) is 35.2 Å². The van der Waals surface area contributed by atoms with Crippen LogP contribution in [0.4, 0.5) is 10.1 Å². The Balaban J connectivity index is 2.40. The Morgan fingerprint density at radius 3 is 2.74 bits per heavy atom. The first kappa shape index (κ1) is 12.1. The van der Waals surface area contributed by atoms with Crippen LogP contribution in [0.3, 0.4) is 0 Å². The molecule has 1 aromatic heterocycles. The Morgan fingerprint density at radius 1 is 1.32 bits per heavy atom. The molecule has 4 nitrogen and oxygen atoms in total. The van der Waals surface area contributed by atoms with Crippen molar-refractivity contribution in [2.24, 2.45) is 0 Å². The quantitative estimate of drug-likeness (QED) is 0.857. The summed E-state index contributed by atoms with van der Waals surface area (Å²) in [7, 11) is 0. The number of nitrogens with zero attached hydrogens (tertiary/aromatic N) is 3. The minimum absolute atomic E-state index is 0.241. The predicted octanol–water partition coefficient (Wildman–Crippen LogP) is 2.94. The van der Waals surface area contributed by atoms with E-state index in [1.54, 1.807) is 6.07 Å². The largest absolute Gasteiger partial charge is 0.369 e. The molecule has 0 unspecified atom stereocenters. The maximum atomic E-state index is 14.1. The highest BCUT2D eigenvalue weighted by molar-refractivity contribution is 5.69. The van der Waals surface area contributed by atoms with Crippen LogP contribution in [0.15, 0.2) is 12.1 Å². The van der Waals surface area contributed by atoms with Gasteiger partial charge < -0.3 is 5.32 Å². The van der Waals surface area contributed by atoms with Crippen molar-refractivity contribution in [3.8, 4) is 5.69 Å². The molecule has 0 saturated carbocycles. The maximum Gasteiger partial charge on any atom is 0.162 e. The van der Waals surface area contributed by atoms with E-state index in [0.29, 0.717) is 5.69 Å². The van der Waals surface area contributed by atoms with E-state index in [4.69, 9.17) is 0 Å². The van der Waals surface area contributed by atoms with E-state index < -0.39 is 5.54 Å². The molecule has 2 heterocycles. The fourth-order valence-electron chi connectivity index (χ4n) is 2.63. The highest BCUT2D eigenvalue weighted by atomic mass is 19.1. The molecule has 0 aliphatic carbocycles. The van der Waals surface area contributed by atoms with Gasteiger partial charge in [0.15, 0.2) is 5.82 Å². The van der Waals surface area contributed by atoms with Crippen LogP contribution in [0.5, 0.6) is 0 Å². The van der Waals surface area contributed by atoms with Gasteiger partial charge in [0.25, 0.3) is 0 Å². The lowest BCUT2D eigenvalue weighted by Crippen LogP contribution is -2.37. The molecule has 0 atom stereocenters. The molecule has 19 heavy (non-hydrogen) atoms. The lowest BCUT2D eigenvalue weighted by molar-refractivity contribution is 0.520. The number of hydrogen-bond acceptors (Lipinski definition) is 3. The lowest BCUT2D eigenvalue weighted by Gasteiger charge is -2.34. The zero-order chi connectivity index (χ0) is 13.8. The summed E-state index contributed by atoms with van der Waals surface area (Å²) in [5, 5.41) is 11.8. The normalized spacial score (nSPS) is 15.6. The number of aromatic nitrogens is 3. The molecule has 1 aliphatic heterocycles. The fourth-order valence-corrected chi connectivity index (χ4v) is 2.63. The van der Waals surface area contributed by atoms with Crippen molar-refractivity contribution >= 4 is 5.69 Å². The number of aryl methyl sites for hydroxylation is 2. The summed E-state index contributed by atoms with van der Waals surface area (Å²) in [6.07, 6.45) is 0.762. The molecule has 0 spiro atoms. The van der Waals surface area contributed by atoms with Gasteiger partial charge in [0.2, 0.25) is 0 Å². The van der Waals surface area contributed by atoms with Gasteiger partial charge in [-0.1, -0.05) is 13.0 Å². The molecular formula is C14H17FN4. The average Bonchev–Trinajstić information content (AvgIpc) is 2.78. The van der Waals surface area contributed by atoms with E-state index >= 15 is 0 Å². The third kappa shape index (κ3) is 1.57. The summed E-state index contributed by atoms with van der Waals surface area (Å²) in [6, 6.07) is 3.29. The summed E-state index contributed by atoms with van der Waals surface area (Å²) in [5.74, 6) is 1.44. The first-order chi connectivity index (χ1) is 8.95.